The monoisotopic (exact) mass is 290 g/mol. The molecule has 1 aliphatic rings. The molecule has 21 heavy (non-hydrogen) atoms. The number of anilines is 1. The van der Waals surface area contributed by atoms with Gasteiger partial charge in [-0.05, 0) is 37.3 Å². The van der Waals surface area contributed by atoms with Crippen molar-refractivity contribution < 1.29 is 4.79 Å². The molecule has 1 atom stereocenters. The number of carbonyl (C=O) groups is 1. The zero-order chi connectivity index (χ0) is 15.2. The number of piperidine rings is 1. The molecule has 5 nitrogen and oxygen atoms in total. The van der Waals surface area contributed by atoms with E-state index in [2.05, 4.69) is 28.9 Å². The smallest absolute Gasteiger partial charge is 0.274 e. The molecule has 2 rings (SSSR count). The van der Waals surface area contributed by atoms with E-state index in [1.54, 1.807) is 11.0 Å². The van der Waals surface area contributed by atoms with Gasteiger partial charge in [-0.3, -0.25) is 4.79 Å². The molecular formula is C16H26N4O. The Hall–Kier alpha value is -1.65. The van der Waals surface area contributed by atoms with Gasteiger partial charge in [0.25, 0.3) is 5.91 Å². The highest BCUT2D eigenvalue weighted by molar-refractivity contribution is 5.92. The van der Waals surface area contributed by atoms with Gasteiger partial charge in [-0.1, -0.05) is 20.3 Å². The van der Waals surface area contributed by atoms with Gasteiger partial charge < -0.3 is 9.80 Å². The summed E-state index contributed by atoms with van der Waals surface area (Å²) in [5.74, 6) is 1.53. The Kier molecular flexibility index (Phi) is 5.53. The topological polar surface area (TPSA) is 49.3 Å². The number of hydrogen-bond acceptors (Lipinski definition) is 4. The van der Waals surface area contributed by atoms with Crippen molar-refractivity contribution in [2.45, 2.75) is 39.5 Å². The molecule has 0 saturated carbocycles. The lowest BCUT2D eigenvalue weighted by atomic mass is 10.0. The fraction of sp³-hybridized carbons (Fsp3) is 0.688. The third kappa shape index (κ3) is 4.16. The van der Waals surface area contributed by atoms with Crippen molar-refractivity contribution in [2.75, 3.05) is 31.6 Å². The first-order valence-corrected chi connectivity index (χ1v) is 7.96. The summed E-state index contributed by atoms with van der Waals surface area (Å²) >= 11 is 0. The lowest BCUT2D eigenvalue weighted by molar-refractivity contribution is 0.0786. The summed E-state index contributed by atoms with van der Waals surface area (Å²) in [6.07, 6.45) is 4.57. The van der Waals surface area contributed by atoms with Crippen LogP contribution in [0.5, 0.6) is 0 Å². The first-order valence-electron chi connectivity index (χ1n) is 7.96. The number of rotatable bonds is 5. The van der Waals surface area contributed by atoms with Crippen molar-refractivity contribution in [3.63, 3.8) is 0 Å². The largest absolute Gasteiger partial charge is 0.355 e. The second-order valence-electron chi connectivity index (χ2n) is 6.05. The number of nitrogens with zero attached hydrogens (tertiary/aromatic N) is 4. The molecule has 0 spiro atoms. The van der Waals surface area contributed by atoms with Crippen molar-refractivity contribution in [1.29, 1.82) is 0 Å². The normalized spacial score (nSPS) is 18.6. The molecule has 1 fully saturated rings. The Morgan fingerprint density at radius 3 is 2.86 bits per heavy atom. The summed E-state index contributed by atoms with van der Waals surface area (Å²) in [6.45, 7) is 7.20. The summed E-state index contributed by atoms with van der Waals surface area (Å²) in [5.41, 5.74) is 0.433. The molecule has 116 valence electrons. The van der Waals surface area contributed by atoms with Gasteiger partial charge in [0.1, 0.15) is 0 Å². The third-order valence-electron chi connectivity index (χ3n) is 4.04. The van der Waals surface area contributed by atoms with Crippen molar-refractivity contribution >= 4 is 11.7 Å². The minimum absolute atomic E-state index is 0.0467. The summed E-state index contributed by atoms with van der Waals surface area (Å²) < 4.78 is 0. The van der Waals surface area contributed by atoms with Crippen LogP contribution in [0.1, 0.15) is 50.0 Å². The maximum atomic E-state index is 12.2. The van der Waals surface area contributed by atoms with E-state index in [-0.39, 0.29) is 5.91 Å². The molecule has 0 aromatic carbocycles. The van der Waals surface area contributed by atoms with Crippen LogP contribution in [0, 0.1) is 5.92 Å². The van der Waals surface area contributed by atoms with Gasteiger partial charge >= 0.3 is 0 Å². The summed E-state index contributed by atoms with van der Waals surface area (Å²) in [7, 11) is 1.82. The van der Waals surface area contributed by atoms with Crippen molar-refractivity contribution in [2.24, 2.45) is 5.92 Å². The first kappa shape index (κ1) is 15.7. The van der Waals surface area contributed by atoms with Crippen LogP contribution in [0.4, 0.5) is 5.82 Å². The van der Waals surface area contributed by atoms with E-state index in [9.17, 15) is 4.79 Å². The van der Waals surface area contributed by atoms with Gasteiger partial charge in [0.05, 0.1) is 0 Å². The fourth-order valence-electron chi connectivity index (χ4n) is 2.70. The minimum atomic E-state index is -0.0467. The molecule has 1 aromatic rings. The van der Waals surface area contributed by atoms with Gasteiger partial charge in [-0.15, -0.1) is 10.2 Å². The average Bonchev–Trinajstić information content (AvgIpc) is 2.52. The van der Waals surface area contributed by atoms with E-state index in [1.807, 2.05) is 13.1 Å². The van der Waals surface area contributed by atoms with Crippen LogP contribution in [-0.4, -0.2) is 47.7 Å². The quantitative estimate of drug-likeness (QED) is 0.836. The van der Waals surface area contributed by atoms with Crippen LogP contribution in [0.25, 0.3) is 0 Å². The zero-order valence-electron chi connectivity index (χ0n) is 13.4. The molecule has 0 bridgehead atoms. The molecule has 1 aromatic heterocycles. The van der Waals surface area contributed by atoms with Crippen LogP contribution in [0.15, 0.2) is 12.1 Å². The van der Waals surface area contributed by atoms with Gasteiger partial charge in [0.2, 0.25) is 0 Å². The van der Waals surface area contributed by atoms with Crippen LogP contribution in [0.3, 0.4) is 0 Å². The van der Waals surface area contributed by atoms with Gasteiger partial charge in [0.15, 0.2) is 11.5 Å². The highest BCUT2D eigenvalue weighted by Gasteiger charge is 2.19. The minimum Gasteiger partial charge on any atom is -0.355 e. The fourth-order valence-corrected chi connectivity index (χ4v) is 2.70. The maximum Gasteiger partial charge on any atom is 0.274 e. The van der Waals surface area contributed by atoms with E-state index in [0.29, 0.717) is 11.6 Å². The third-order valence-corrected chi connectivity index (χ3v) is 4.04. The summed E-state index contributed by atoms with van der Waals surface area (Å²) in [5, 5.41) is 8.37. The van der Waals surface area contributed by atoms with Crippen LogP contribution >= 0.6 is 0 Å². The number of carbonyl (C=O) groups excluding carboxylic acids is 1. The Bertz CT molecular complexity index is 460. The molecule has 0 N–H and O–H groups in total. The number of amides is 1. The predicted molar refractivity (Wildman–Crippen MR) is 84.5 cm³/mol. The molecule has 1 unspecified atom stereocenters. The second-order valence-corrected chi connectivity index (χ2v) is 6.05. The highest BCUT2D eigenvalue weighted by atomic mass is 16.2. The predicted octanol–water partition coefficient (Wildman–Crippen LogP) is 2.59. The first-order chi connectivity index (χ1) is 10.1. The van der Waals surface area contributed by atoms with Crippen LogP contribution in [-0.2, 0) is 0 Å². The highest BCUT2D eigenvalue weighted by Crippen LogP contribution is 2.20. The molecule has 1 amide bonds. The number of unbranched alkanes of at least 4 members (excludes halogenated alkanes) is 1. The molecule has 0 aliphatic carbocycles. The molecule has 1 saturated heterocycles. The standard InChI is InChI=1S/C16H26N4O/c1-4-5-10-19(3)16(21)14-8-9-15(18-17-14)20-11-6-7-13(2)12-20/h8-9,13H,4-7,10-12H2,1-3H3. The average molecular weight is 290 g/mol. The van der Waals surface area contributed by atoms with E-state index < -0.39 is 0 Å². The van der Waals surface area contributed by atoms with Gasteiger partial charge in [-0.25, -0.2) is 0 Å². The summed E-state index contributed by atoms with van der Waals surface area (Å²) in [6, 6.07) is 3.72. The van der Waals surface area contributed by atoms with Crippen molar-refractivity contribution in [3.05, 3.63) is 17.8 Å². The molecule has 5 heteroatoms. The molecule has 0 radical (unpaired) electrons. The Balaban J connectivity index is 1.99. The van der Waals surface area contributed by atoms with E-state index in [4.69, 9.17) is 0 Å². The lowest BCUT2D eigenvalue weighted by Gasteiger charge is -2.31. The van der Waals surface area contributed by atoms with Gasteiger partial charge in [-0.2, -0.15) is 0 Å². The van der Waals surface area contributed by atoms with Crippen molar-refractivity contribution in [3.8, 4) is 0 Å². The molecule has 1 aliphatic heterocycles. The SMILES string of the molecule is CCCCN(C)C(=O)c1ccc(N2CCCC(C)C2)nn1. The maximum absolute atomic E-state index is 12.2. The lowest BCUT2D eigenvalue weighted by Crippen LogP contribution is -2.35. The number of hydrogen-bond donors (Lipinski definition) is 0. The van der Waals surface area contributed by atoms with E-state index in [1.165, 1.54) is 12.8 Å². The van der Waals surface area contributed by atoms with Crippen LogP contribution in [0.2, 0.25) is 0 Å². The Morgan fingerprint density at radius 1 is 1.43 bits per heavy atom. The zero-order valence-corrected chi connectivity index (χ0v) is 13.4. The van der Waals surface area contributed by atoms with E-state index in [0.717, 1.165) is 38.3 Å². The van der Waals surface area contributed by atoms with Crippen molar-refractivity contribution in [1.82, 2.24) is 15.1 Å². The second kappa shape index (κ2) is 7.38. The Labute approximate surface area is 127 Å². The number of aromatic nitrogens is 2. The van der Waals surface area contributed by atoms with E-state index >= 15 is 0 Å². The molecule has 2 heterocycles. The Morgan fingerprint density at radius 2 is 2.24 bits per heavy atom. The molecular weight excluding hydrogens is 264 g/mol. The van der Waals surface area contributed by atoms with Crippen LogP contribution < -0.4 is 4.90 Å². The summed E-state index contributed by atoms with van der Waals surface area (Å²) in [4.78, 5) is 16.2. The van der Waals surface area contributed by atoms with Gasteiger partial charge in [0, 0.05) is 26.7 Å².